The van der Waals surface area contributed by atoms with E-state index in [0.29, 0.717) is 35.2 Å². The number of quaternary nitrogens is 1. The van der Waals surface area contributed by atoms with Gasteiger partial charge in [0, 0.05) is 71.8 Å². The summed E-state index contributed by atoms with van der Waals surface area (Å²) in [4.78, 5) is 34.3. The fourth-order valence-corrected chi connectivity index (χ4v) is 7.29. The molecule has 5 rings (SSSR count). The maximum atomic E-state index is 14.3. The number of likely N-dealkylation sites (tertiary alicyclic amines) is 1. The van der Waals surface area contributed by atoms with Crippen LogP contribution in [0.3, 0.4) is 0 Å². The molecule has 2 aliphatic heterocycles. The second-order valence-electron chi connectivity index (χ2n) is 12.4. The fourth-order valence-electron chi connectivity index (χ4n) is 6.98. The summed E-state index contributed by atoms with van der Waals surface area (Å²) < 4.78 is 0.286. The minimum atomic E-state index is -0.362. The summed E-state index contributed by atoms with van der Waals surface area (Å²) in [5, 5.41) is 0.883. The number of rotatable bonds is 9. The lowest BCUT2D eigenvalue weighted by molar-refractivity contribution is -1.02. The first-order valence-electron chi connectivity index (χ1n) is 15.8. The average molecular weight is 733 g/mol. The van der Waals surface area contributed by atoms with Crippen LogP contribution in [0.1, 0.15) is 51.5 Å². The first kappa shape index (κ1) is 36.3. The average Bonchev–Trinajstić information content (AvgIpc) is 3.04. The molecule has 2 amide bonds. The van der Waals surface area contributed by atoms with E-state index in [1.165, 1.54) is 5.56 Å². The Morgan fingerprint density at radius 2 is 1.50 bits per heavy atom. The van der Waals surface area contributed by atoms with E-state index in [2.05, 4.69) is 46.1 Å². The molecule has 3 aromatic carbocycles. The standard InChI is InChI=1S/C35H45Cl2N6O2.BrH/c1-25-18-26(2)20-29(19-25)35(45)41-16-17-42(33(23-41)28-10-11-31(36)32(37)21-28)34(44)24-43(38-3,39-4)30-12-14-40(15-13-30)22-27-8-6-5-7-9-27;/h5-11,18-21,30,33,38-39H,12-17,22-24H2,1-4H3;1H/q+1;/p-1. The van der Waals surface area contributed by atoms with Crippen molar-refractivity contribution in [3.8, 4) is 0 Å². The summed E-state index contributed by atoms with van der Waals surface area (Å²) >= 11 is 12.7. The Kier molecular flexibility index (Phi) is 12.7. The van der Waals surface area contributed by atoms with Crippen molar-refractivity contribution >= 4 is 35.0 Å². The van der Waals surface area contributed by atoms with Crippen LogP contribution in [0.2, 0.25) is 10.0 Å². The third-order valence-corrected chi connectivity index (χ3v) is 10.1. The zero-order valence-corrected chi connectivity index (χ0v) is 30.2. The molecule has 1 unspecified atom stereocenters. The molecule has 0 aliphatic carbocycles. The summed E-state index contributed by atoms with van der Waals surface area (Å²) in [7, 11) is 3.83. The van der Waals surface area contributed by atoms with E-state index in [1.54, 1.807) is 6.07 Å². The molecule has 2 heterocycles. The monoisotopic (exact) mass is 730 g/mol. The molecule has 0 aromatic heterocycles. The van der Waals surface area contributed by atoms with E-state index < -0.39 is 0 Å². The van der Waals surface area contributed by atoms with Crippen LogP contribution in [0, 0.1) is 13.8 Å². The molecule has 0 spiro atoms. The first-order valence-corrected chi connectivity index (χ1v) is 16.5. The van der Waals surface area contributed by atoms with Crippen LogP contribution in [-0.2, 0) is 11.3 Å². The molecule has 2 saturated heterocycles. The number of piperidine rings is 1. The lowest BCUT2D eigenvalue weighted by atomic mass is 10.00. The Bertz CT molecular complexity index is 1480. The van der Waals surface area contributed by atoms with Gasteiger partial charge in [-0.05, 0) is 49.2 Å². The quantitative estimate of drug-likeness (QED) is 0.262. The van der Waals surface area contributed by atoms with E-state index in [4.69, 9.17) is 23.2 Å². The summed E-state index contributed by atoms with van der Waals surface area (Å²) in [5.74, 6) is -0.0169. The van der Waals surface area contributed by atoms with E-state index in [1.807, 2.05) is 68.1 Å². The number of hydrogen-bond acceptors (Lipinski definition) is 5. The normalized spacial score (nSPS) is 17.9. The van der Waals surface area contributed by atoms with Crippen molar-refractivity contribution in [3.05, 3.63) is 105 Å². The number of carbonyl (C=O) groups is 2. The van der Waals surface area contributed by atoms with Crippen LogP contribution in [0.25, 0.3) is 0 Å². The molecule has 0 radical (unpaired) electrons. The van der Waals surface area contributed by atoms with Gasteiger partial charge >= 0.3 is 0 Å². The van der Waals surface area contributed by atoms with Crippen molar-refractivity contribution in [2.24, 2.45) is 0 Å². The Morgan fingerprint density at radius 3 is 2.11 bits per heavy atom. The first-order chi connectivity index (χ1) is 21.6. The van der Waals surface area contributed by atoms with E-state index in [0.717, 1.165) is 49.2 Å². The van der Waals surface area contributed by atoms with Gasteiger partial charge in [0.25, 0.3) is 11.8 Å². The van der Waals surface area contributed by atoms with Crippen molar-refractivity contribution in [2.75, 3.05) is 53.4 Å². The zero-order valence-electron chi connectivity index (χ0n) is 27.1. The number of nitrogens with zero attached hydrogens (tertiary/aromatic N) is 4. The third-order valence-electron chi connectivity index (χ3n) is 9.40. The lowest BCUT2D eigenvalue weighted by Crippen LogP contribution is -3.00. The second kappa shape index (κ2) is 16.1. The van der Waals surface area contributed by atoms with Crippen molar-refractivity contribution in [1.82, 2.24) is 25.6 Å². The van der Waals surface area contributed by atoms with E-state index in [-0.39, 0.29) is 52.1 Å². The molecule has 3 aromatic rings. The number of hydrogen-bond donors (Lipinski definition) is 2. The Morgan fingerprint density at radius 1 is 0.848 bits per heavy atom. The largest absolute Gasteiger partial charge is 1.00 e. The predicted octanol–water partition coefficient (Wildman–Crippen LogP) is 2.39. The number of aryl methyl sites for hydroxylation is 2. The topological polar surface area (TPSA) is 67.9 Å². The van der Waals surface area contributed by atoms with Crippen LogP contribution in [0.15, 0.2) is 66.7 Å². The molecule has 2 N–H and O–H groups in total. The molecule has 46 heavy (non-hydrogen) atoms. The molecule has 8 nitrogen and oxygen atoms in total. The molecule has 1 atom stereocenters. The predicted molar refractivity (Wildman–Crippen MR) is 181 cm³/mol. The molecule has 2 aliphatic rings. The fraction of sp³-hybridized carbons (Fsp3) is 0.429. The van der Waals surface area contributed by atoms with Gasteiger partial charge in [0.2, 0.25) is 0 Å². The summed E-state index contributed by atoms with van der Waals surface area (Å²) in [6, 6.07) is 21.8. The van der Waals surface area contributed by atoms with E-state index in [9.17, 15) is 9.59 Å². The van der Waals surface area contributed by atoms with Gasteiger partial charge in [-0.15, -0.1) is 0 Å². The van der Waals surface area contributed by atoms with Crippen LogP contribution in [0.4, 0.5) is 0 Å². The number of amides is 2. The zero-order chi connectivity index (χ0) is 32.1. The maximum absolute atomic E-state index is 14.3. The van der Waals surface area contributed by atoms with Crippen LogP contribution < -0.4 is 27.8 Å². The molecule has 248 valence electrons. The van der Waals surface area contributed by atoms with Crippen molar-refractivity contribution < 1.29 is 31.3 Å². The highest BCUT2D eigenvalue weighted by molar-refractivity contribution is 6.42. The van der Waals surface area contributed by atoms with Gasteiger partial charge in [-0.25, -0.2) is 0 Å². The third kappa shape index (κ3) is 8.31. The molecule has 0 bridgehead atoms. The number of carbonyl (C=O) groups excluding carboxylic acids is 2. The van der Waals surface area contributed by atoms with Gasteiger partial charge < -0.3 is 26.8 Å². The number of benzene rings is 3. The van der Waals surface area contributed by atoms with Gasteiger partial charge in [-0.1, -0.05) is 76.8 Å². The summed E-state index contributed by atoms with van der Waals surface area (Å²) in [6.07, 6.45) is 1.91. The Balaban J connectivity index is 0.00000480. The van der Waals surface area contributed by atoms with Gasteiger partial charge in [-0.3, -0.25) is 14.5 Å². The summed E-state index contributed by atoms with van der Waals surface area (Å²) in [5.41, 5.74) is 11.9. The smallest absolute Gasteiger partial charge is 0.282 e. The molecular weight excluding hydrogens is 687 g/mol. The minimum Gasteiger partial charge on any atom is -1.00 e. The van der Waals surface area contributed by atoms with Gasteiger partial charge in [-0.2, -0.15) is 15.6 Å². The number of halogens is 3. The van der Waals surface area contributed by atoms with Crippen molar-refractivity contribution in [1.29, 1.82) is 0 Å². The van der Waals surface area contributed by atoms with Crippen LogP contribution >= 0.6 is 23.2 Å². The van der Waals surface area contributed by atoms with E-state index >= 15 is 0 Å². The van der Waals surface area contributed by atoms with Gasteiger partial charge in [0.15, 0.2) is 6.54 Å². The SMILES string of the molecule is CN[N+](CC(=O)N1CCN(C(=O)c2cc(C)cc(C)c2)CC1c1ccc(Cl)c(Cl)c1)(NC)C1CCN(Cc2ccccc2)CC1.[Br-]. The van der Waals surface area contributed by atoms with Crippen molar-refractivity contribution in [3.63, 3.8) is 0 Å². The lowest BCUT2D eigenvalue weighted by Gasteiger charge is -2.47. The molecule has 0 saturated carbocycles. The highest BCUT2D eigenvalue weighted by Gasteiger charge is 2.43. The van der Waals surface area contributed by atoms with Gasteiger partial charge in [0.05, 0.1) is 16.1 Å². The molecule has 2 fully saturated rings. The highest BCUT2D eigenvalue weighted by atomic mass is 79.9. The number of piperazine rings is 1. The number of nitrogens with one attached hydrogen (secondary N) is 2. The van der Waals surface area contributed by atoms with Crippen LogP contribution in [-0.4, -0.2) is 90.6 Å². The van der Waals surface area contributed by atoms with Crippen LogP contribution in [0.5, 0.6) is 0 Å². The molecule has 11 heteroatoms. The summed E-state index contributed by atoms with van der Waals surface area (Å²) in [6.45, 7) is 8.33. The highest BCUT2D eigenvalue weighted by Crippen LogP contribution is 2.32. The second-order valence-corrected chi connectivity index (χ2v) is 13.2. The maximum Gasteiger partial charge on any atom is 0.282 e. The molecular formula is C35H45BrCl2N6O2. The van der Waals surface area contributed by atoms with Crippen molar-refractivity contribution in [2.45, 2.75) is 45.3 Å². The Labute approximate surface area is 293 Å². The van der Waals surface area contributed by atoms with Gasteiger partial charge in [0.1, 0.15) is 6.04 Å². The minimum absolute atomic E-state index is 0. The Hall–Kier alpha value is -2.50.